The fourth-order valence-corrected chi connectivity index (χ4v) is 5.06. The highest BCUT2D eigenvalue weighted by atomic mass is 16.5. The SMILES string of the molecule is COC[C@@]12CN(C(=O)c3cc(-c4ccc(C)o4)[nH]n3)C[C@@H]1C(C)(C)C2. The molecule has 2 aliphatic rings. The summed E-state index contributed by atoms with van der Waals surface area (Å²) in [7, 11) is 1.74. The van der Waals surface area contributed by atoms with Crippen LogP contribution in [-0.4, -0.2) is 47.8 Å². The molecule has 1 saturated heterocycles. The normalized spacial score (nSPS) is 27.2. The van der Waals surface area contributed by atoms with E-state index in [0.29, 0.717) is 24.0 Å². The lowest BCUT2D eigenvalue weighted by Crippen LogP contribution is -2.55. The van der Waals surface area contributed by atoms with E-state index < -0.39 is 0 Å². The Labute approximate surface area is 147 Å². The number of fused-ring (bicyclic) bond motifs is 1. The Bertz CT molecular complexity index is 806. The first-order valence-corrected chi connectivity index (χ1v) is 8.75. The van der Waals surface area contributed by atoms with Crippen LogP contribution in [0.2, 0.25) is 0 Å². The summed E-state index contributed by atoms with van der Waals surface area (Å²) in [5, 5.41) is 7.13. The second-order valence-corrected chi connectivity index (χ2v) is 8.28. The third-order valence-electron chi connectivity index (χ3n) is 5.92. The molecule has 0 spiro atoms. The highest BCUT2D eigenvalue weighted by Crippen LogP contribution is 2.62. The predicted molar refractivity (Wildman–Crippen MR) is 93.1 cm³/mol. The van der Waals surface area contributed by atoms with E-state index in [1.807, 2.05) is 24.0 Å². The van der Waals surface area contributed by atoms with Gasteiger partial charge in [0.05, 0.1) is 6.61 Å². The molecular weight excluding hydrogens is 318 g/mol. The molecular formula is C19H25N3O3. The molecule has 0 aromatic carbocycles. The van der Waals surface area contributed by atoms with Crippen LogP contribution in [0.25, 0.3) is 11.5 Å². The van der Waals surface area contributed by atoms with E-state index in [9.17, 15) is 4.79 Å². The first-order valence-electron chi connectivity index (χ1n) is 8.75. The largest absolute Gasteiger partial charge is 0.460 e. The number of nitrogens with zero attached hydrogens (tertiary/aromatic N) is 2. The van der Waals surface area contributed by atoms with Crippen LogP contribution in [0.15, 0.2) is 22.6 Å². The van der Waals surface area contributed by atoms with Crippen molar-refractivity contribution >= 4 is 5.91 Å². The lowest BCUT2D eigenvalue weighted by molar-refractivity contribution is -0.107. The molecule has 1 aliphatic heterocycles. The van der Waals surface area contributed by atoms with Gasteiger partial charge in [-0.3, -0.25) is 9.89 Å². The van der Waals surface area contributed by atoms with Gasteiger partial charge in [0, 0.05) is 31.7 Å². The van der Waals surface area contributed by atoms with E-state index in [1.165, 1.54) is 0 Å². The van der Waals surface area contributed by atoms with Gasteiger partial charge in [-0.15, -0.1) is 0 Å². The van der Waals surface area contributed by atoms with Gasteiger partial charge < -0.3 is 14.1 Å². The van der Waals surface area contributed by atoms with Crippen molar-refractivity contribution in [3.05, 3.63) is 29.7 Å². The zero-order valence-electron chi connectivity index (χ0n) is 15.3. The van der Waals surface area contributed by atoms with E-state index in [0.717, 1.165) is 31.0 Å². The number of hydrogen-bond acceptors (Lipinski definition) is 4. The Morgan fingerprint density at radius 1 is 1.48 bits per heavy atom. The summed E-state index contributed by atoms with van der Waals surface area (Å²) in [6.07, 6.45) is 1.10. The molecule has 2 aromatic rings. The minimum Gasteiger partial charge on any atom is -0.460 e. The van der Waals surface area contributed by atoms with Gasteiger partial charge in [-0.05, 0) is 36.8 Å². The average Bonchev–Trinajstić information content (AvgIpc) is 3.24. The Hall–Kier alpha value is -2.08. The topological polar surface area (TPSA) is 71.4 Å². The Morgan fingerprint density at radius 3 is 2.92 bits per heavy atom. The number of hydrogen-bond donors (Lipinski definition) is 1. The second kappa shape index (κ2) is 5.46. The number of amides is 1. The number of furan rings is 1. The van der Waals surface area contributed by atoms with Crippen LogP contribution in [0.3, 0.4) is 0 Å². The number of carbonyl (C=O) groups excluding carboxylic acids is 1. The maximum Gasteiger partial charge on any atom is 0.274 e. The molecule has 0 unspecified atom stereocenters. The van der Waals surface area contributed by atoms with Crippen molar-refractivity contribution < 1.29 is 13.9 Å². The number of aromatic nitrogens is 2. The molecule has 0 radical (unpaired) electrons. The maximum absolute atomic E-state index is 12.9. The zero-order chi connectivity index (χ0) is 17.8. The quantitative estimate of drug-likeness (QED) is 0.926. The van der Waals surface area contributed by atoms with Gasteiger partial charge in [0.1, 0.15) is 11.5 Å². The van der Waals surface area contributed by atoms with Crippen LogP contribution >= 0.6 is 0 Å². The summed E-state index contributed by atoms with van der Waals surface area (Å²) in [5.41, 5.74) is 1.53. The number of aryl methyl sites for hydroxylation is 1. The predicted octanol–water partition coefficient (Wildman–Crippen LogP) is 3.11. The molecule has 1 amide bonds. The molecule has 1 aliphatic carbocycles. The number of likely N-dealkylation sites (tertiary alicyclic amines) is 1. The van der Waals surface area contributed by atoms with Crippen molar-refractivity contribution in [2.24, 2.45) is 16.7 Å². The molecule has 1 N–H and O–H groups in total. The molecule has 4 rings (SSSR count). The Balaban J connectivity index is 1.53. The van der Waals surface area contributed by atoms with E-state index in [2.05, 4.69) is 24.0 Å². The first kappa shape index (κ1) is 16.4. The summed E-state index contributed by atoms with van der Waals surface area (Å²) < 4.78 is 11.1. The van der Waals surface area contributed by atoms with Crippen LogP contribution in [-0.2, 0) is 4.74 Å². The minimum absolute atomic E-state index is 0.0218. The fourth-order valence-electron chi connectivity index (χ4n) is 5.06. The molecule has 25 heavy (non-hydrogen) atoms. The van der Waals surface area contributed by atoms with Crippen LogP contribution in [0.5, 0.6) is 0 Å². The Kier molecular flexibility index (Phi) is 3.58. The zero-order valence-corrected chi connectivity index (χ0v) is 15.3. The second-order valence-electron chi connectivity index (χ2n) is 8.28. The van der Waals surface area contributed by atoms with Crippen LogP contribution in [0.4, 0.5) is 0 Å². The molecule has 1 saturated carbocycles. The molecule has 134 valence electrons. The molecule has 2 aromatic heterocycles. The lowest BCUT2D eigenvalue weighted by atomic mass is 9.48. The van der Waals surface area contributed by atoms with Gasteiger partial charge in [-0.2, -0.15) is 5.10 Å². The van der Waals surface area contributed by atoms with Crippen LogP contribution in [0, 0.1) is 23.7 Å². The van der Waals surface area contributed by atoms with Crippen molar-refractivity contribution in [1.29, 1.82) is 0 Å². The Morgan fingerprint density at radius 2 is 2.28 bits per heavy atom. The molecule has 0 bridgehead atoms. The molecule has 3 heterocycles. The van der Waals surface area contributed by atoms with Crippen molar-refractivity contribution in [1.82, 2.24) is 15.1 Å². The van der Waals surface area contributed by atoms with E-state index in [1.54, 1.807) is 13.2 Å². The third kappa shape index (κ3) is 2.51. The van der Waals surface area contributed by atoms with Crippen LogP contribution in [0.1, 0.15) is 36.5 Å². The number of carbonyl (C=O) groups is 1. The molecule has 6 heteroatoms. The number of nitrogens with one attached hydrogen (secondary N) is 1. The molecule has 2 fully saturated rings. The lowest BCUT2D eigenvalue weighted by Gasteiger charge is -2.56. The van der Waals surface area contributed by atoms with Gasteiger partial charge in [-0.25, -0.2) is 0 Å². The van der Waals surface area contributed by atoms with Crippen LogP contribution < -0.4 is 0 Å². The van der Waals surface area contributed by atoms with E-state index in [-0.39, 0.29) is 16.7 Å². The smallest absolute Gasteiger partial charge is 0.274 e. The number of ether oxygens (including phenoxy) is 1. The summed E-state index contributed by atoms with van der Waals surface area (Å²) in [6, 6.07) is 5.55. The standard InChI is InChI=1S/C19H25N3O3/c1-12-5-6-15(25-12)13-7-14(21-20-13)17(23)22-8-16-18(2,3)9-19(16,10-22)11-24-4/h5-7,16H,8-11H2,1-4H3,(H,20,21)/t16-,19-/m1/s1. The molecule has 6 nitrogen and oxygen atoms in total. The van der Waals surface area contributed by atoms with E-state index >= 15 is 0 Å². The number of H-pyrrole nitrogens is 1. The number of methoxy groups -OCH3 is 1. The number of aromatic amines is 1. The highest BCUT2D eigenvalue weighted by molar-refractivity contribution is 5.93. The summed E-state index contributed by atoms with van der Waals surface area (Å²) in [4.78, 5) is 14.9. The molecule has 2 atom stereocenters. The third-order valence-corrected chi connectivity index (χ3v) is 5.92. The number of rotatable bonds is 4. The summed E-state index contributed by atoms with van der Waals surface area (Å²) in [6.45, 7) is 8.69. The van der Waals surface area contributed by atoms with E-state index in [4.69, 9.17) is 9.15 Å². The van der Waals surface area contributed by atoms with Gasteiger partial charge in [-0.1, -0.05) is 13.8 Å². The van der Waals surface area contributed by atoms with Crippen molar-refractivity contribution in [2.45, 2.75) is 27.2 Å². The minimum atomic E-state index is -0.0218. The monoisotopic (exact) mass is 343 g/mol. The van der Waals surface area contributed by atoms with Crippen molar-refractivity contribution in [3.8, 4) is 11.5 Å². The van der Waals surface area contributed by atoms with Gasteiger partial charge in [0.15, 0.2) is 11.5 Å². The van der Waals surface area contributed by atoms with Crippen molar-refractivity contribution in [2.75, 3.05) is 26.8 Å². The fraction of sp³-hybridized carbons (Fsp3) is 0.579. The average molecular weight is 343 g/mol. The first-order chi connectivity index (χ1) is 11.8. The van der Waals surface area contributed by atoms with Crippen molar-refractivity contribution in [3.63, 3.8) is 0 Å². The van der Waals surface area contributed by atoms with Gasteiger partial charge in [0.25, 0.3) is 5.91 Å². The van der Waals surface area contributed by atoms with Gasteiger partial charge in [0.2, 0.25) is 0 Å². The van der Waals surface area contributed by atoms with Gasteiger partial charge >= 0.3 is 0 Å². The summed E-state index contributed by atoms with van der Waals surface area (Å²) >= 11 is 0. The maximum atomic E-state index is 12.9. The highest BCUT2D eigenvalue weighted by Gasteiger charge is 2.63. The summed E-state index contributed by atoms with van der Waals surface area (Å²) in [5.74, 6) is 1.99.